The second kappa shape index (κ2) is 6.68. The zero-order valence-corrected chi connectivity index (χ0v) is 14.7. The molecule has 2 aliphatic heterocycles. The first kappa shape index (κ1) is 17.0. The van der Waals surface area contributed by atoms with Gasteiger partial charge in [0, 0.05) is 26.1 Å². The van der Waals surface area contributed by atoms with Gasteiger partial charge in [0.2, 0.25) is 5.91 Å². The lowest BCUT2D eigenvalue weighted by molar-refractivity contribution is -0.128. The number of carbonyl (C=O) groups excluding carboxylic acids is 2. The van der Waals surface area contributed by atoms with Crippen molar-refractivity contribution in [1.82, 2.24) is 24.8 Å². The molecule has 1 aromatic carbocycles. The van der Waals surface area contributed by atoms with Crippen LogP contribution in [0.2, 0.25) is 5.02 Å². The summed E-state index contributed by atoms with van der Waals surface area (Å²) in [5, 5.41) is 8.35. The smallest absolute Gasteiger partial charge is 0.255 e. The van der Waals surface area contributed by atoms with Gasteiger partial charge in [-0.2, -0.15) is 0 Å². The van der Waals surface area contributed by atoms with Crippen LogP contribution in [0, 0.1) is 5.82 Å². The molecule has 0 N–H and O–H groups in total. The minimum absolute atomic E-state index is 0.0358. The molecule has 0 unspecified atom stereocenters. The number of benzene rings is 1. The number of nitrogens with zero attached hydrogens (tertiary/aromatic N) is 5. The number of carbonyl (C=O) groups is 2. The van der Waals surface area contributed by atoms with Crippen molar-refractivity contribution in [1.29, 1.82) is 0 Å². The normalized spacial score (nSPS) is 17.7. The average molecular weight is 378 g/mol. The van der Waals surface area contributed by atoms with Crippen molar-refractivity contribution >= 4 is 23.4 Å². The molecule has 2 saturated heterocycles. The molecule has 2 aliphatic rings. The first-order valence-corrected chi connectivity index (χ1v) is 8.82. The van der Waals surface area contributed by atoms with Crippen LogP contribution < -0.4 is 0 Å². The van der Waals surface area contributed by atoms with Gasteiger partial charge in [0.05, 0.1) is 29.4 Å². The Morgan fingerprint density at radius 3 is 2.85 bits per heavy atom. The zero-order chi connectivity index (χ0) is 18.3. The number of rotatable bonds is 4. The number of amides is 2. The van der Waals surface area contributed by atoms with Crippen molar-refractivity contribution in [2.75, 3.05) is 19.6 Å². The van der Waals surface area contributed by atoms with E-state index in [-0.39, 0.29) is 22.9 Å². The lowest BCUT2D eigenvalue weighted by Crippen LogP contribution is -2.51. The second-order valence-electron chi connectivity index (χ2n) is 6.60. The standard InChI is InChI=1S/C17H17ClFN5O2/c18-15-6-11(19)3-4-14(15)17(26)23-9-13(10-23)24-8-12(20-21-24)7-22-5-1-2-16(22)25/h3-4,6,8,13H,1-2,5,7,9-10H2. The molecular formula is C17H17ClFN5O2. The van der Waals surface area contributed by atoms with Gasteiger partial charge in [0.15, 0.2) is 0 Å². The van der Waals surface area contributed by atoms with Gasteiger partial charge >= 0.3 is 0 Å². The highest BCUT2D eigenvalue weighted by atomic mass is 35.5. The first-order chi connectivity index (χ1) is 12.5. The van der Waals surface area contributed by atoms with Gasteiger partial charge in [-0.3, -0.25) is 9.59 Å². The molecule has 4 rings (SSSR count). The highest BCUT2D eigenvalue weighted by Crippen LogP contribution is 2.26. The van der Waals surface area contributed by atoms with Crippen molar-refractivity contribution < 1.29 is 14.0 Å². The SMILES string of the molecule is O=C1CCCN1Cc1cn(C2CN(C(=O)c3ccc(F)cc3Cl)C2)nn1. The molecule has 0 atom stereocenters. The Kier molecular flexibility index (Phi) is 4.36. The van der Waals surface area contributed by atoms with E-state index in [1.54, 1.807) is 14.5 Å². The minimum Gasteiger partial charge on any atom is -0.337 e. The topological polar surface area (TPSA) is 71.3 Å². The summed E-state index contributed by atoms with van der Waals surface area (Å²) in [7, 11) is 0. The fraction of sp³-hybridized carbons (Fsp3) is 0.412. The lowest BCUT2D eigenvalue weighted by Gasteiger charge is -2.39. The van der Waals surface area contributed by atoms with Crippen LogP contribution in [0.1, 0.15) is 34.9 Å². The Hall–Kier alpha value is -2.48. The maximum atomic E-state index is 13.1. The van der Waals surface area contributed by atoms with Gasteiger partial charge in [0.1, 0.15) is 11.5 Å². The van der Waals surface area contributed by atoms with Crippen molar-refractivity contribution in [3.63, 3.8) is 0 Å². The van der Waals surface area contributed by atoms with E-state index >= 15 is 0 Å². The molecule has 136 valence electrons. The van der Waals surface area contributed by atoms with Gasteiger partial charge < -0.3 is 9.80 Å². The summed E-state index contributed by atoms with van der Waals surface area (Å²) in [5.41, 5.74) is 1.03. The maximum Gasteiger partial charge on any atom is 0.255 e. The molecule has 2 fully saturated rings. The largest absolute Gasteiger partial charge is 0.337 e. The molecule has 26 heavy (non-hydrogen) atoms. The molecule has 2 aromatic rings. The van der Waals surface area contributed by atoms with Gasteiger partial charge in [-0.1, -0.05) is 16.8 Å². The molecule has 7 nitrogen and oxygen atoms in total. The van der Waals surface area contributed by atoms with E-state index < -0.39 is 5.82 Å². The van der Waals surface area contributed by atoms with Crippen LogP contribution in [-0.4, -0.2) is 56.2 Å². The van der Waals surface area contributed by atoms with Crippen LogP contribution in [0.15, 0.2) is 24.4 Å². The van der Waals surface area contributed by atoms with Gasteiger partial charge in [-0.15, -0.1) is 5.10 Å². The quantitative estimate of drug-likeness (QED) is 0.815. The Morgan fingerprint density at radius 1 is 1.35 bits per heavy atom. The van der Waals surface area contributed by atoms with Crippen LogP contribution in [0.5, 0.6) is 0 Å². The highest BCUT2D eigenvalue weighted by Gasteiger charge is 2.34. The van der Waals surface area contributed by atoms with E-state index in [2.05, 4.69) is 10.3 Å². The molecule has 0 radical (unpaired) electrons. The Balaban J connectivity index is 1.36. The number of hydrogen-bond donors (Lipinski definition) is 0. The summed E-state index contributed by atoms with van der Waals surface area (Å²) in [6, 6.07) is 3.79. The number of aromatic nitrogens is 3. The van der Waals surface area contributed by atoms with Crippen LogP contribution in [-0.2, 0) is 11.3 Å². The predicted molar refractivity (Wildman–Crippen MR) is 91.0 cm³/mol. The first-order valence-electron chi connectivity index (χ1n) is 8.44. The highest BCUT2D eigenvalue weighted by molar-refractivity contribution is 6.33. The zero-order valence-electron chi connectivity index (χ0n) is 13.9. The molecule has 0 bridgehead atoms. The molecule has 3 heterocycles. The van der Waals surface area contributed by atoms with Crippen molar-refractivity contribution in [3.05, 3.63) is 46.5 Å². The van der Waals surface area contributed by atoms with Gasteiger partial charge in [-0.05, 0) is 24.6 Å². The summed E-state index contributed by atoms with van der Waals surface area (Å²) in [6.45, 7) is 2.20. The number of likely N-dealkylation sites (tertiary alicyclic amines) is 2. The van der Waals surface area contributed by atoms with E-state index in [0.29, 0.717) is 31.6 Å². The molecule has 1 aromatic heterocycles. The van der Waals surface area contributed by atoms with Crippen LogP contribution in [0.25, 0.3) is 0 Å². The fourth-order valence-electron chi connectivity index (χ4n) is 3.25. The molecule has 0 spiro atoms. The Bertz CT molecular complexity index is 865. The molecule has 0 saturated carbocycles. The van der Waals surface area contributed by atoms with E-state index in [4.69, 9.17) is 11.6 Å². The summed E-state index contributed by atoms with van der Waals surface area (Å²) in [6.07, 6.45) is 3.31. The average Bonchev–Trinajstić information content (AvgIpc) is 3.16. The van der Waals surface area contributed by atoms with E-state index in [0.717, 1.165) is 24.7 Å². The van der Waals surface area contributed by atoms with Crippen LogP contribution in [0.3, 0.4) is 0 Å². The van der Waals surface area contributed by atoms with Crippen LogP contribution in [0.4, 0.5) is 4.39 Å². The van der Waals surface area contributed by atoms with Crippen molar-refractivity contribution in [2.45, 2.75) is 25.4 Å². The minimum atomic E-state index is -0.473. The van der Waals surface area contributed by atoms with E-state index in [9.17, 15) is 14.0 Å². The summed E-state index contributed by atoms with van der Waals surface area (Å²) in [5.74, 6) is -0.551. The summed E-state index contributed by atoms with van der Waals surface area (Å²) in [4.78, 5) is 27.5. The third kappa shape index (κ3) is 3.16. The van der Waals surface area contributed by atoms with Gasteiger partial charge in [-0.25, -0.2) is 9.07 Å². The van der Waals surface area contributed by atoms with Gasteiger partial charge in [0.25, 0.3) is 5.91 Å². The number of hydrogen-bond acceptors (Lipinski definition) is 4. The third-order valence-corrected chi connectivity index (χ3v) is 5.08. The van der Waals surface area contributed by atoms with E-state index in [1.807, 2.05) is 6.20 Å². The molecular weight excluding hydrogens is 361 g/mol. The molecule has 9 heteroatoms. The fourth-order valence-corrected chi connectivity index (χ4v) is 3.50. The third-order valence-electron chi connectivity index (χ3n) is 4.77. The van der Waals surface area contributed by atoms with E-state index in [1.165, 1.54) is 12.1 Å². The number of halogens is 2. The summed E-state index contributed by atoms with van der Waals surface area (Å²) < 4.78 is 14.8. The van der Waals surface area contributed by atoms with Crippen molar-refractivity contribution in [3.8, 4) is 0 Å². The van der Waals surface area contributed by atoms with Crippen molar-refractivity contribution in [2.24, 2.45) is 0 Å². The molecule has 0 aliphatic carbocycles. The Labute approximate surface area is 154 Å². The van der Waals surface area contributed by atoms with Crippen LogP contribution >= 0.6 is 11.6 Å². The monoisotopic (exact) mass is 377 g/mol. The Morgan fingerprint density at radius 2 is 2.15 bits per heavy atom. The summed E-state index contributed by atoms with van der Waals surface area (Å²) >= 11 is 5.95. The predicted octanol–water partition coefficient (Wildman–Crippen LogP) is 1.89. The maximum absolute atomic E-state index is 13.1. The second-order valence-corrected chi connectivity index (χ2v) is 7.00. The lowest BCUT2D eigenvalue weighted by atomic mass is 10.1. The molecule has 2 amide bonds.